The highest BCUT2D eigenvalue weighted by molar-refractivity contribution is 5.78. The Hall–Kier alpha value is -1.36. The van der Waals surface area contributed by atoms with Crippen LogP contribution in [-0.2, 0) is 23.0 Å². The number of esters is 1. The number of ether oxygens (including phenoxy) is 1. The van der Waals surface area contributed by atoms with Gasteiger partial charge in [0.25, 0.3) is 0 Å². The Morgan fingerprint density at radius 3 is 2.83 bits per heavy atom. The number of aryl methyl sites for hydroxylation is 2. The summed E-state index contributed by atoms with van der Waals surface area (Å²) in [5, 5.41) is 4.14. The van der Waals surface area contributed by atoms with Crippen molar-refractivity contribution >= 4 is 5.97 Å². The van der Waals surface area contributed by atoms with Gasteiger partial charge in [-0.3, -0.25) is 9.48 Å². The number of carbonyl (C=O) groups excluding carboxylic acids is 1. The van der Waals surface area contributed by atoms with Crippen LogP contribution in [-0.4, -0.2) is 29.4 Å². The van der Waals surface area contributed by atoms with Crippen LogP contribution in [0.4, 0.5) is 0 Å². The lowest BCUT2D eigenvalue weighted by Gasteiger charge is -2.29. The molecule has 0 saturated heterocycles. The van der Waals surface area contributed by atoms with Crippen LogP contribution in [0, 0.1) is 11.3 Å². The summed E-state index contributed by atoms with van der Waals surface area (Å²) in [7, 11) is 3.33. The van der Waals surface area contributed by atoms with E-state index in [0.29, 0.717) is 12.5 Å². The van der Waals surface area contributed by atoms with Gasteiger partial charge >= 0.3 is 5.97 Å². The Labute approximate surface area is 107 Å². The van der Waals surface area contributed by atoms with E-state index in [2.05, 4.69) is 5.10 Å². The third-order valence-corrected chi connectivity index (χ3v) is 3.93. The molecule has 1 aromatic heterocycles. The predicted molar refractivity (Wildman–Crippen MR) is 67.8 cm³/mol. The number of rotatable bonds is 6. The van der Waals surface area contributed by atoms with E-state index in [1.54, 1.807) is 4.68 Å². The lowest BCUT2D eigenvalue weighted by atomic mass is 9.77. The third kappa shape index (κ3) is 2.41. The molecule has 0 aliphatic heterocycles. The van der Waals surface area contributed by atoms with Crippen molar-refractivity contribution in [3.05, 3.63) is 18.0 Å². The fourth-order valence-corrected chi connectivity index (χ4v) is 2.63. The molecule has 2 N–H and O–H groups in total. The molecule has 1 unspecified atom stereocenters. The number of methoxy groups -OCH3 is 1. The Morgan fingerprint density at radius 1 is 1.67 bits per heavy atom. The fourth-order valence-electron chi connectivity index (χ4n) is 2.63. The van der Waals surface area contributed by atoms with E-state index in [9.17, 15) is 4.79 Å². The van der Waals surface area contributed by atoms with Gasteiger partial charge in [0.1, 0.15) is 0 Å². The quantitative estimate of drug-likeness (QED) is 0.762. The molecule has 0 radical (unpaired) electrons. The molecule has 1 atom stereocenters. The first-order valence-electron chi connectivity index (χ1n) is 6.38. The smallest absolute Gasteiger partial charge is 0.313 e. The summed E-state index contributed by atoms with van der Waals surface area (Å²) < 4.78 is 6.73. The number of carbonyl (C=O) groups is 1. The van der Waals surface area contributed by atoms with E-state index < -0.39 is 5.41 Å². The maximum absolute atomic E-state index is 12.0. The molecule has 1 aliphatic rings. The van der Waals surface area contributed by atoms with Crippen LogP contribution < -0.4 is 5.73 Å². The summed E-state index contributed by atoms with van der Waals surface area (Å²) in [5.41, 5.74) is 6.52. The zero-order chi connectivity index (χ0) is 13.2. The fraction of sp³-hybridized carbons (Fsp3) is 0.692. The minimum atomic E-state index is -0.495. The maximum atomic E-state index is 12.0. The monoisotopic (exact) mass is 251 g/mol. The first kappa shape index (κ1) is 13.1. The first-order valence-corrected chi connectivity index (χ1v) is 6.38. The summed E-state index contributed by atoms with van der Waals surface area (Å²) in [4.78, 5) is 12.0. The highest BCUT2D eigenvalue weighted by atomic mass is 16.5. The van der Waals surface area contributed by atoms with Crippen molar-refractivity contribution in [1.29, 1.82) is 0 Å². The van der Waals surface area contributed by atoms with E-state index in [4.69, 9.17) is 10.5 Å². The number of hydrogen-bond acceptors (Lipinski definition) is 4. The molecule has 1 aliphatic carbocycles. The average molecular weight is 251 g/mol. The van der Waals surface area contributed by atoms with Gasteiger partial charge in [0.05, 0.1) is 18.7 Å². The predicted octanol–water partition coefficient (Wildman–Crippen LogP) is 0.881. The molecule has 5 nitrogen and oxygen atoms in total. The van der Waals surface area contributed by atoms with Gasteiger partial charge < -0.3 is 10.5 Å². The molecule has 0 aromatic carbocycles. The molecular formula is C13H21N3O2. The van der Waals surface area contributed by atoms with Crippen molar-refractivity contribution in [3.8, 4) is 0 Å². The Balaban J connectivity index is 2.07. The molecule has 1 saturated carbocycles. The summed E-state index contributed by atoms with van der Waals surface area (Å²) >= 11 is 0. The van der Waals surface area contributed by atoms with Gasteiger partial charge in [0, 0.05) is 19.8 Å². The molecule has 1 fully saturated rings. The van der Waals surface area contributed by atoms with Gasteiger partial charge in [0.2, 0.25) is 0 Å². The molecule has 100 valence electrons. The van der Waals surface area contributed by atoms with E-state index in [0.717, 1.165) is 31.2 Å². The molecule has 0 bridgehead atoms. The summed E-state index contributed by atoms with van der Waals surface area (Å²) in [6.07, 6.45) is 7.54. The standard InChI is InChI=1S/C13H21N3O2/c1-16-8-10(7-15-16)5-6-13(9-14,11-3-4-11)12(17)18-2/h7-8,11H,3-6,9,14H2,1-2H3. The van der Waals surface area contributed by atoms with E-state index >= 15 is 0 Å². The Morgan fingerprint density at radius 2 is 2.39 bits per heavy atom. The van der Waals surface area contributed by atoms with Crippen LogP contribution in [0.3, 0.4) is 0 Å². The van der Waals surface area contributed by atoms with Crippen molar-refractivity contribution in [2.45, 2.75) is 25.7 Å². The van der Waals surface area contributed by atoms with Crippen LogP contribution in [0.15, 0.2) is 12.4 Å². The highest BCUT2D eigenvalue weighted by Crippen LogP contribution is 2.48. The topological polar surface area (TPSA) is 70.1 Å². The largest absolute Gasteiger partial charge is 0.469 e. The average Bonchev–Trinajstić information content (AvgIpc) is 3.14. The number of hydrogen-bond donors (Lipinski definition) is 1. The second kappa shape index (κ2) is 5.10. The summed E-state index contributed by atoms with van der Waals surface area (Å²) in [6.45, 7) is 0.366. The first-order chi connectivity index (χ1) is 8.62. The highest BCUT2D eigenvalue weighted by Gasteiger charge is 2.50. The van der Waals surface area contributed by atoms with Gasteiger partial charge in [-0.15, -0.1) is 0 Å². The van der Waals surface area contributed by atoms with Crippen molar-refractivity contribution in [1.82, 2.24) is 9.78 Å². The van der Waals surface area contributed by atoms with E-state index in [-0.39, 0.29) is 5.97 Å². The van der Waals surface area contributed by atoms with Crippen molar-refractivity contribution in [3.63, 3.8) is 0 Å². The van der Waals surface area contributed by atoms with Gasteiger partial charge in [-0.05, 0) is 37.2 Å². The SMILES string of the molecule is COC(=O)C(CN)(CCc1cnn(C)c1)C1CC1. The Bertz CT molecular complexity index is 426. The molecule has 1 heterocycles. The molecule has 2 rings (SSSR count). The number of aromatic nitrogens is 2. The maximum Gasteiger partial charge on any atom is 0.313 e. The van der Waals surface area contributed by atoms with Crippen molar-refractivity contribution < 1.29 is 9.53 Å². The summed E-state index contributed by atoms with van der Waals surface area (Å²) in [5.74, 6) is 0.239. The van der Waals surface area contributed by atoms with Gasteiger partial charge in [0.15, 0.2) is 0 Å². The van der Waals surface area contributed by atoms with Crippen LogP contribution in [0.25, 0.3) is 0 Å². The third-order valence-electron chi connectivity index (χ3n) is 3.93. The van der Waals surface area contributed by atoms with Crippen molar-refractivity contribution in [2.75, 3.05) is 13.7 Å². The molecule has 18 heavy (non-hydrogen) atoms. The van der Waals surface area contributed by atoms with E-state index in [1.807, 2.05) is 19.4 Å². The number of nitrogens with two attached hydrogens (primary N) is 1. The van der Waals surface area contributed by atoms with Gasteiger partial charge in [-0.1, -0.05) is 0 Å². The van der Waals surface area contributed by atoms with Crippen LogP contribution >= 0.6 is 0 Å². The Kier molecular flexibility index (Phi) is 3.71. The lowest BCUT2D eigenvalue weighted by molar-refractivity contribution is -0.154. The van der Waals surface area contributed by atoms with Gasteiger partial charge in [-0.25, -0.2) is 0 Å². The second-order valence-electron chi connectivity index (χ2n) is 5.15. The van der Waals surface area contributed by atoms with Gasteiger partial charge in [-0.2, -0.15) is 5.10 Å². The number of nitrogens with zero attached hydrogens (tertiary/aromatic N) is 2. The minimum Gasteiger partial charge on any atom is -0.469 e. The zero-order valence-corrected chi connectivity index (χ0v) is 11.1. The summed E-state index contributed by atoms with van der Waals surface area (Å²) in [6, 6.07) is 0. The molecule has 0 spiro atoms. The molecule has 1 aromatic rings. The van der Waals surface area contributed by atoms with Crippen LogP contribution in [0.2, 0.25) is 0 Å². The van der Waals surface area contributed by atoms with Crippen LogP contribution in [0.5, 0.6) is 0 Å². The minimum absolute atomic E-state index is 0.156. The molecular weight excluding hydrogens is 230 g/mol. The van der Waals surface area contributed by atoms with Crippen LogP contribution in [0.1, 0.15) is 24.8 Å². The normalized spacial score (nSPS) is 18.4. The lowest BCUT2D eigenvalue weighted by Crippen LogP contribution is -2.42. The second-order valence-corrected chi connectivity index (χ2v) is 5.15. The molecule has 5 heteroatoms. The zero-order valence-electron chi connectivity index (χ0n) is 11.1. The van der Waals surface area contributed by atoms with E-state index in [1.165, 1.54) is 7.11 Å². The van der Waals surface area contributed by atoms with Crippen molar-refractivity contribution in [2.24, 2.45) is 24.1 Å². The molecule has 0 amide bonds.